The van der Waals surface area contributed by atoms with Crippen LogP contribution in [0.2, 0.25) is 0 Å². The molecule has 0 fully saturated rings. The number of carboxylic acid groups (broad SMARTS) is 1. The Morgan fingerprint density at radius 2 is 1.70 bits per heavy atom. The van der Waals surface area contributed by atoms with E-state index < -0.39 is 24.0 Å². The normalized spacial score (nSPS) is 7.70. The van der Waals surface area contributed by atoms with E-state index in [1.165, 1.54) is 6.92 Å². The van der Waals surface area contributed by atoms with Crippen molar-refractivity contribution < 1.29 is 19.5 Å². The second-order valence-electron chi connectivity index (χ2n) is 1.61. The number of hydrogen-bond acceptors (Lipinski definition) is 3. The van der Waals surface area contributed by atoms with Crippen molar-refractivity contribution in [2.24, 2.45) is 0 Å². The molecule has 10 heavy (non-hydrogen) atoms. The van der Waals surface area contributed by atoms with E-state index in [9.17, 15) is 14.4 Å². The van der Waals surface area contributed by atoms with Crippen molar-refractivity contribution in [1.82, 2.24) is 0 Å². The van der Waals surface area contributed by atoms with Crippen LogP contribution in [0.25, 0.3) is 0 Å². The van der Waals surface area contributed by atoms with Gasteiger partial charge in [-0.25, -0.2) is 4.79 Å². The Morgan fingerprint density at radius 1 is 1.30 bits per heavy atom. The molecule has 0 amide bonds. The molecule has 0 saturated heterocycles. The van der Waals surface area contributed by atoms with E-state index in [1.807, 2.05) is 0 Å². The first kappa shape index (κ1) is 11.7. The molecular weight excluding hydrogens is 133 g/mol. The van der Waals surface area contributed by atoms with Gasteiger partial charge in [0.2, 0.25) is 5.78 Å². The van der Waals surface area contributed by atoms with E-state index in [4.69, 9.17) is 5.11 Å². The van der Waals surface area contributed by atoms with E-state index in [0.29, 0.717) is 0 Å². The molecule has 0 spiro atoms. The first-order valence-electron chi connectivity index (χ1n) is 2.29. The van der Waals surface area contributed by atoms with Crippen LogP contribution in [0.3, 0.4) is 0 Å². The minimum atomic E-state index is -1.55. The van der Waals surface area contributed by atoms with Crippen molar-refractivity contribution in [3.63, 3.8) is 0 Å². The van der Waals surface area contributed by atoms with Crippen LogP contribution < -0.4 is 0 Å². The summed E-state index contributed by atoms with van der Waals surface area (Å²) in [5.74, 6) is -3.03. The molecule has 0 aromatic rings. The van der Waals surface area contributed by atoms with Gasteiger partial charge < -0.3 is 5.11 Å². The summed E-state index contributed by atoms with van der Waals surface area (Å²) in [7, 11) is 0. The van der Waals surface area contributed by atoms with E-state index in [1.54, 1.807) is 0 Å². The Bertz CT molecular complexity index is 163. The summed E-state index contributed by atoms with van der Waals surface area (Å²) in [6.45, 7) is 1.17. The molecule has 0 bridgehead atoms. The molecule has 4 nitrogen and oxygen atoms in total. The third kappa shape index (κ3) is 5.12. The van der Waals surface area contributed by atoms with Gasteiger partial charge in [0.15, 0.2) is 0 Å². The van der Waals surface area contributed by atoms with Gasteiger partial charge in [-0.15, -0.1) is 0 Å². The maximum absolute atomic E-state index is 10.1. The molecule has 5 heteroatoms. The molecule has 0 rings (SSSR count). The number of aliphatic carboxylic acids is 1. The molecule has 1 N–H and O–H groups in total. The quantitative estimate of drug-likeness (QED) is 0.301. The summed E-state index contributed by atoms with van der Waals surface area (Å²) in [6, 6.07) is 0. The molecule has 0 unspecified atom stereocenters. The third-order valence-electron chi connectivity index (χ3n) is 0.648. The average molecular weight is 141 g/mol. The maximum atomic E-state index is 10.1. The van der Waals surface area contributed by atoms with Crippen LogP contribution in [0.1, 0.15) is 13.3 Å². The zero-order chi connectivity index (χ0) is 7.44. The van der Waals surface area contributed by atoms with Crippen LogP contribution in [0.4, 0.5) is 0 Å². The number of rotatable bonds is 3. The number of carbonyl (C=O) groups is 3. The molecule has 0 aliphatic rings. The monoisotopic (exact) mass is 141 g/mol. The van der Waals surface area contributed by atoms with Crippen LogP contribution in [0.15, 0.2) is 0 Å². The second kappa shape index (κ2) is 4.82. The van der Waals surface area contributed by atoms with Gasteiger partial charge >= 0.3 is 16.1 Å². The topological polar surface area (TPSA) is 71.4 Å². The third-order valence-corrected chi connectivity index (χ3v) is 0.648. The van der Waals surface area contributed by atoms with Crippen molar-refractivity contribution in [2.75, 3.05) is 0 Å². The summed E-state index contributed by atoms with van der Waals surface area (Å²) in [5.41, 5.74) is 0. The fourth-order valence-corrected chi connectivity index (χ4v) is 0.302. The zero-order valence-electron chi connectivity index (χ0n) is 4.88. The van der Waals surface area contributed by atoms with E-state index in [0.717, 1.165) is 0 Å². The number of hydrogen-bond donors (Lipinski definition) is 1. The number of carboxylic acids is 1. The first-order chi connectivity index (χ1) is 4.04. The van der Waals surface area contributed by atoms with Crippen molar-refractivity contribution >= 4 is 27.7 Å². The minimum absolute atomic E-state index is 0. The van der Waals surface area contributed by atoms with Gasteiger partial charge in [0.25, 0.3) is 0 Å². The molecule has 0 radical (unpaired) electrons. The Labute approximate surface area is 61.4 Å². The summed E-state index contributed by atoms with van der Waals surface area (Å²) in [5, 5.41) is 7.93. The fraction of sp³-hybridized carbons (Fsp3) is 0.400. The van der Waals surface area contributed by atoms with E-state index in [2.05, 4.69) is 0 Å². The second-order valence-corrected chi connectivity index (χ2v) is 1.61. The van der Waals surface area contributed by atoms with Crippen LogP contribution in [0, 0.1) is 0 Å². The van der Waals surface area contributed by atoms with Crippen molar-refractivity contribution in [2.45, 2.75) is 13.3 Å². The Morgan fingerprint density at radius 3 is 1.80 bits per heavy atom. The SMILES string of the molecule is CC(=O)CC(=O)C(=O)O.[BeH2]. The zero-order valence-corrected chi connectivity index (χ0v) is 4.88. The standard InChI is InChI=1S/C5H6O4.Be.2H/c1-3(6)2-4(7)5(8)9;;;/h2H2,1H3,(H,8,9);;;. The van der Waals surface area contributed by atoms with Gasteiger partial charge in [-0.1, -0.05) is 0 Å². The summed E-state index contributed by atoms with van der Waals surface area (Å²) < 4.78 is 0. The van der Waals surface area contributed by atoms with Crippen LogP contribution >= 0.6 is 0 Å². The average Bonchev–Trinajstić information content (AvgIpc) is 1.63. The number of Topliss-reactive ketones (excluding diaryl/α,β-unsaturated/α-hetero) is 2. The first-order valence-corrected chi connectivity index (χ1v) is 2.29. The molecule has 0 atom stereocenters. The van der Waals surface area contributed by atoms with Gasteiger partial charge in [0, 0.05) is 0 Å². The fourth-order valence-electron chi connectivity index (χ4n) is 0.302. The van der Waals surface area contributed by atoms with Gasteiger partial charge in [0.05, 0.1) is 6.42 Å². The molecule has 0 aromatic carbocycles. The van der Waals surface area contributed by atoms with Crippen molar-refractivity contribution in [1.29, 1.82) is 0 Å². The molecule has 0 aliphatic carbocycles. The molecular formula is C5H8BeO4. The Balaban J connectivity index is 0. The Kier molecular flexibility index (Phi) is 5.66. The van der Waals surface area contributed by atoms with E-state index in [-0.39, 0.29) is 10.1 Å². The van der Waals surface area contributed by atoms with E-state index >= 15 is 0 Å². The molecule has 54 valence electrons. The predicted molar refractivity (Wildman–Crippen MR) is 36.5 cm³/mol. The summed E-state index contributed by atoms with van der Waals surface area (Å²) >= 11 is 0. The number of ketones is 2. The predicted octanol–water partition coefficient (Wildman–Crippen LogP) is -1.30. The van der Waals surface area contributed by atoms with Crippen molar-refractivity contribution in [3.05, 3.63) is 0 Å². The molecule has 0 saturated carbocycles. The summed E-state index contributed by atoms with van der Waals surface area (Å²) in [6.07, 6.45) is -0.505. The van der Waals surface area contributed by atoms with Gasteiger partial charge in [-0.05, 0) is 6.92 Å². The van der Waals surface area contributed by atoms with Crippen LogP contribution in [0.5, 0.6) is 0 Å². The molecule has 0 aliphatic heterocycles. The Hall–Kier alpha value is -1.02. The van der Waals surface area contributed by atoms with Crippen LogP contribution in [-0.4, -0.2) is 32.8 Å². The molecule has 0 heterocycles. The van der Waals surface area contributed by atoms with Gasteiger partial charge in [-0.2, -0.15) is 0 Å². The summed E-state index contributed by atoms with van der Waals surface area (Å²) in [4.78, 5) is 29.9. The van der Waals surface area contributed by atoms with Crippen LogP contribution in [-0.2, 0) is 14.4 Å². The number of carbonyl (C=O) groups excluding carboxylic acids is 2. The molecule has 0 aromatic heterocycles. The van der Waals surface area contributed by atoms with Gasteiger partial charge in [-0.3, -0.25) is 9.59 Å². The van der Waals surface area contributed by atoms with Crippen molar-refractivity contribution in [3.8, 4) is 0 Å². The van der Waals surface area contributed by atoms with Gasteiger partial charge in [0.1, 0.15) is 5.78 Å².